The van der Waals surface area contributed by atoms with Gasteiger partial charge in [-0.2, -0.15) is 0 Å². The number of nitrogens with zero attached hydrogens (tertiary/aromatic N) is 6. The number of imidazole rings is 1. The lowest BCUT2D eigenvalue weighted by molar-refractivity contribution is -0.132. The van der Waals surface area contributed by atoms with Gasteiger partial charge < -0.3 is 19.7 Å². The minimum absolute atomic E-state index is 0.00505. The summed E-state index contributed by atoms with van der Waals surface area (Å²) >= 11 is 2.88. The van der Waals surface area contributed by atoms with E-state index in [1.807, 2.05) is 47.6 Å². The van der Waals surface area contributed by atoms with Gasteiger partial charge in [-0.3, -0.25) is 9.59 Å². The largest absolute Gasteiger partial charge is 0.353 e. The van der Waals surface area contributed by atoms with Crippen molar-refractivity contribution in [1.82, 2.24) is 30.0 Å². The lowest BCUT2D eigenvalue weighted by Gasteiger charge is -2.34. The minimum atomic E-state index is -0.00505. The quantitative estimate of drug-likeness (QED) is 0.539. The summed E-state index contributed by atoms with van der Waals surface area (Å²) in [6.07, 6.45) is 1.72. The molecule has 31 heavy (non-hydrogen) atoms. The van der Waals surface area contributed by atoms with E-state index in [-0.39, 0.29) is 17.9 Å². The van der Waals surface area contributed by atoms with Crippen molar-refractivity contribution < 1.29 is 9.59 Å². The standard InChI is InChI=1S/C20H25N7O2S2/c1-14(2)22-17(28)12-30-20-24-23-19(31-20)26-9-7-25(8-10-26)18(29)11-27-13-21-15-5-3-4-6-16(15)27/h3-6,13-14H,7-12H2,1-2H3,(H,22,28). The van der Waals surface area contributed by atoms with Crippen molar-refractivity contribution in [2.24, 2.45) is 0 Å². The van der Waals surface area contributed by atoms with Gasteiger partial charge in [0.05, 0.1) is 23.1 Å². The molecule has 3 aromatic rings. The summed E-state index contributed by atoms with van der Waals surface area (Å²) in [4.78, 5) is 33.0. The molecule has 2 aromatic heterocycles. The molecular formula is C20H25N7O2S2. The van der Waals surface area contributed by atoms with E-state index >= 15 is 0 Å². The van der Waals surface area contributed by atoms with E-state index in [9.17, 15) is 9.59 Å². The number of anilines is 1. The Morgan fingerprint density at radius 2 is 1.94 bits per heavy atom. The van der Waals surface area contributed by atoms with Gasteiger partial charge in [-0.25, -0.2) is 4.98 Å². The fraction of sp³-hybridized carbons (Fsp3) is 0.450. The Balaban J connectivity index is 1.27. The van der Waals surface area contributed by atoms with Gasteiger partial charge in [-0.1, -0.05) is 35.2 Å². The number of rotatable bonds is 7. The molecule has 0 spiro atoms. The molecule has 1 aliphatic heterocycles. The van der Waals surface area contributed by atoms with E-state index in [0.29, 0.717) is 38.5 Å². The van der Waals surface area contributed by atoms with E-state index in [4.69, 9.17) is 0 Å². The van der Waals surface area contributed by atoms with Crippen LogP contribution in [0.3, 0.4) is 0 Å². The average molecular weight is 460 g/mol. The summed E-state index contributed by atoms with van der Waals surface area (Å²) in [7, 11) is 0. The van der Waals surface area contributed by atoms with Crippen molar-refractivity contribution in [1.29, 1.82) is 0 Å². The Bertz CT molecular complexity index is 1060. The van der Waals surface area contributed by atoms with E-state index in [1.165, 1.54) is 23.1 Å². The number of hydrogen-bond acceptors (Lipinski definition) is 8. The van der Waals surface area contributed by atoms with Gasteiger partial charge in [0.15, 0.2) is 4.34 Å². The highest BCUT2D eigenvalue weighted by Gasteiger charge is 2.24. The highest BCUT2D eigenvalue weighted by molar-refractivity contribution is 8.01. The van der Waals surface area contributed by atoms with Crippen LogP contribution in [0.2, 0.25) is 0 Å². The number of aromatic nitrogens is 4. The predicted molar refractivity (Wildman–Crippen MR) is 122 cm³/mol. The minimum Gasteiger partial charge on any atom is -0.353 e. The molecule has 0 aliphatic carbocycles. The van der Waals surface area contributed by atoms with Crippen molar-refractivity contribution in [2.45, 2.75) is 30.8 Å². The molecule has 0 unspecified atom stereocenters. The van der Waals surface area contributed by atoms with Crippen molar-refractivity contribution in [2.75, 3.05) is 36.8 Å². The second-order valence-corrected chi connectivity index (χ2v) is 9.77. The van der Waals surface area contributed by atoms with Gasteiger partial charge in [0.25, 0.3) is 0 Å². The van der Waals surface area contributed by atoms with Crippen LogP contribution in [-0.2, 0) is 16.1 Å². The molecule has 1 aliphatic rings. The van der Waals surface area contributed by atoms with Crippen LogP contribution in [0.4, 0.5) is 5.13 Å². The van der Waals surface area contributed by atoms with E-state index < -0.39 is 0 Å². The molecule has 11 heteroatoms. The third-order valence-electron chi connectivity index (χ3n) is 4.91. The summed E-state index contributed by atoms with van der Waals surface area (Å²) in [5.74, 6) is 0.417. The second-order valence-electron chi connectivity index (χ2n) is 7.59. The fourth-order valence-electron chi connectivity index (χ4n) is 3.41. The molecule has 1 fully saturated rings. The molecule has 0 atom stereocenters. The van der Waals surface area contributed by atoms with Crippen LogP contribution in [0.5, 0.6) is 0 Å². The Morgan fingerprint density at radius 3 is 2.71 bits per heavy atom. The number of thioether (sulfide) groups is 1. The lowest BCUT2D eigenvalue weighted by atomic mass is 10.3. The van der Waals surface area contributed by atoms with Gasteiger partial charge >= 0.3 is 0 Å². The zero-order valence-corrected chi connectivity index (χ0v) is 19.2. The van der Waals surface area contributed by atoms with Crippen LogP contribution in [0.1, 0.15) is 13.8 Å². The number of hydrogen-bond donors (Lipinski definition) is 1. The number of amides is 2. The molecule has 1 aromatic carbocycles. The zero-order chi connectivity index (χ0) is 21.8. The topological polar surface area (TPSA) is 96.3 Å². The number of carbonyl (C=O) groups is 2. The number of fused-ring (bicyclic) bond motifs is 1. The van der Waals surface area contributed by atoms with Gasteiger partial charge in [0.1, 0.15) is 6.54 Å². The summed E-state index contributed by atoms with van der Waals surface area (Å²) < 4.78 is 2.67. The summed E-state index contributed by atoms with van der Waals surface area (Å²) in [5, 5.41) is 12.2. The summed E-state index contributed by atoms with van der Waals surface area (Å²) in [6, 6.07) is 7.95. The van der Waals surface area contributed by atoms with Crippen LogP contribution in [0.15, 0.2) is 34.9 Å². The molecule has 0 radical (unpaired) electrons. The zero-order valence-electron chi connectivity index (χ0n) is 17.5. The van der Waals surface area contributed by atoms with Gasteiger partial charge in [-0.15, -0.1) is 10.2 Å². The van der Waals surface area contributed by atoms with Crippen LogP contribution in [0.25, 0.3) is 11.0 Å². The SMILES string of the molecule is CC(C)NC(=O)CSc1nnc(N2CCN(C(=O)Cn3cnc4ccccc43)CC2)s1. The molecular weight excluding hydrogens is 434 g/mol. The molecule has 4 rings (SSSR count). The Kier molecular flexibility index (Phi) is 6.71. The normalized spacial score (nSPS) is 14.4. The highest BCUT2D eigenvalue weighted by atomic mass is 32.2. The lowest BCUT2D eigenvalue weighted by Crippen LogP contribution is -2.49. The van der Waals surface area contributed by atoms with Gasteiger partial charge in [0.2, 0.25) is 16.9 Å². The maximum atomic E-state index is 12.8. The summed E-state index contributed by atoms with van der Waals surface area (Å²) in [6.45, 7) is 6.88. The average Bonchev–Trinajstić information content (AvgIpc) is 3.39. The molecule has 0 bridgehead atoms. The number of benzene rings is 1. The van der Waals surface area contributed by atoms with Crippen LogP contribution in [-0.4, -0.2) is 74.4 Å². The summed E-state index contributed by atoms with van der Waals surface area (Å²) in [5.41, 5.74) is 1.86. The first kappa shape index (κ1) is 21.6. The van der Waals surface area contributed by atoms with Crippen molar-refractivity contribution in [3.8, 4) is 0 Å². The van der Waals surface area contributed by atoms with Crippen molar-refractivity contribution in [3.63, 3.8) is 0 Å². The van der Waals surface area contributed by atoms with E-state index in [0.717, 1.165) is 20.5 Å². The maximum absolute atomic E-state index is 12.8. The van der Waals surface area contributed by atoms with Crippen molar-refractivity contribution in [3.05, 3.63) is 30.6 Å². The third-order valence-corrected chi connectivity index (χ3v) is 7.03. The van der Waals surface area contributed by atoms with Crippen molar-refractivity contribution >= 4 is 51.1 Å². The fourth-order valence-corrected chi connectivity index (χ4v) is 5.11. The Labute approximate surface area is 188 Å². The number of carbonyl (C=O) groups excluding carboxylic acids is 2. The first-order valence-corrected chi connectivity index (χ1v) is 12.0. The Hall–Kier alpha value is -2.66. The first-order chi connectivity index (χ1) is 15.0. The number of piperazine rings is 1. The molecule has 9 nitrogen and oxygen atoms in total. The number of para-hydroxylation sites is 2. The molecule has 1 saturated heterocycles. The predicted octanol–water partition coefficient (Wildman–Crippen LogP) is 1.85. The van der Waals surface area contributed by atoms with E-state index in [1.54, 1.807) is 6.33 Å². The Morgan fingerprint density at radius 1 is 1.16 bits per heavy atom. The first-order valence-electron chi connectivity index (χ1n) is 10.2. The smallest absolute Gasteiger partial charge is 0.242 e. The van der Waals surface area contributed by atoms with Crippen LogP contribution >= 0.6 is 23.1 Å². The highest BCUT2D eigenvalue weighted by Crippen LogP contribution is 2.28. The third kappa shape index (κ3) is 5.34. The molecule has 164 valence electrons. The number of nitrogens with one attached hydrogen (secondary N) is 1. The van der Waals surface area contributed by atoms with Gasteiger partial charge in [0, 0.05) is 32.2 Å². The van der Waals surface area contributed by atoms with E-state index in [2.05, 4.69) is 25.4 Å². The second kappa shape index (κ2) is 9.65. The van der Waals surface area contributed by atoms with Crippen LogP contribution < -0.4 is 10.2 Å². The molecule has 0 saturated carbocycles. The van der Waals surface area contributed by atoms with Crippen LogP contribution in [0, 0.1) is 0 Å². The molecule has 2 amide bonds. The van der Waals surface area contributed by atoms with Gasteiger partial charge in [-0.05, 0) is 26.0 Å². The molecule has 3 heterocycles. The molecule has 1 N–H and O–H groups in total. The maximum Gasteiger partial charge on any atom is 0.242 e. The monoisotopic (exact) mass is 459 g/mol.